The fourth-order valence-electron chi connectivity index (χ4n) is 1.12. The van der Waals surface area contributed by atoms with Crippen LogP contribution in [0.25, 0.3) is 0 Å². The van der Waals surface area contributed by atoms with Gasteiger partial charge in [0.2, 0.25) is 0 Å². The molecule has 1 heterocycles. The van der Waals surface area contributed by atoms with Crippen molar-refractivity contribution < 1.29 is 13.6 Å². The predicted molar refractivity (Wildman–Crippen MR) is 48.5 cm³/mol. The van der Waals surface area contributed by atoms with Gasteiger partial charge in [-0.1, -0.05) is 0 Å². The van der Waals surface area contributed by atoms with Gasteiger partial charge in [-0.25, -0.2) is 8.78 Å². The summed E-state index contributed by atoms with van der Waals surface area (Å²) in [5.74, 6) is 0. The topological polar surface area (TPSA) is 56.0 Å². The van der Waals surface area contributed by atoms with Crippen LogP contribution in [-0.2, 0) is 0 Å². The fraction of sp³-hybridized carbons (Fsp3) is 0.250. The SMILES string of the molecule is Cc1ncc(N)c(C(F)F)c1C(=O)Cl. The van der Waals surface area contributed by atoms with Crippen molar-refractivity contribution in [1.82, 2.24) is 4.98 Å². The third-order valence-corrected chi connectivity index (χ3v) is 1.94. The number of alkyl halides is 2. The van der Waals surface area contributed by atoms with Gasteiger partial charge in [0.1, 0.15) is 0 Å². The van der Waals surface area contributed by atoms with E-state index in [0.717, 1.165) is 6.20 Å². The molecule has 3 nitrogen and oxygen atoms in total. The lowest BCUT2D eigenvalue weighted by Crippen LogP contribution is -2.07. The Kier molecular flexibility index (Phi) is 3.00. The summed E-state index contributed by atoms with van der Waals surface area (Å²) in [6.45, 7) is 1.42. The second-order valence-corrected chi connectivity index (χ2v) is 3.01. The molecule has 0 aliphatic rings. The average molecular weight is 221 g/mol. The van der Waals surface area contributed by atoms with Gasteiger partial charge in [-0.15, -0.1) is 0 Å². The van der Waals surface area contributed by atoms with E-state index in [4.69, 9.17) is 17.3 Å². The molecule has 0 aliphatic carbocycles. The van der Waals surface area contributed by atoms with Crippen molar-refractivity contribution in [1.29, 1.82) is 0 Å². The highest BCUT2D eigenvalue weighted by molar-refractivity contribution is 6.68. The van der Waals surface area contributed by atoms with E-state index >= 15 is 0 Å². The molecule has 0 aromatic carbocycles. The number of nitrogens with zero attached hydrogens (tertiary/aromatic N) is 1. The molecular formula is C8H7ClF2N2O. The summed E-state index contributed by atoms with van der Waals surface area (Å²) in [6.07, 6.45) is -1.76. The quantitative estimate of drug-likeness (QED) is 0.778. The number of nitrogen functional groups attached to an aromatic ring is 1. The summed E-state index contributed by atoms with van der Waals surface area (Å²) < 4.78 is 25.0. The number of carbonyl (C=O) groups is 1. The molecule has 0 spiro atoms. The largest absolute Gasteiger partial charge is 0.397 e. The van der Waals surface area contributed by atoms with Crippen molar-refractivity contribution in [3.05, 3.63) is 23.0 Å². The number of aromatic nitrogens is 1. The van der Waals surface area contributed by atoms with Crippen LogP contribution in [0.1, 0.15) is 28.0 Å². The highest BCUT2D eigenvalue weighted by atomic mass is 35.5. The van der Waals surface area contributed by atoms with E-state index in [2.05, 4.69) is 4.98 Å². The minimum absolute atomic E-state index is 0.148. The Bertz CT molecular complexity index is 382. The number of hydrogen-bond acceptors (Lipinski definition) is 3. The number of anilines is 1. The monoisotopic (exact) mass is 220 g/mol. The zero-order valence-corrected chi connectivity index (χ0v) is 7.98. The molecule has 2 N–H and O–H groups in total. The lowest BCUT2D eigenvalue weighted by atomic mass is 10.1. The third kappa shape index (κ3) is 1.82. The Morgan fingerprint density at radius 3 is 2.57 bits per heavy atom. The summed E-state index contributed by atoms with van der Waals surface area (Å²) >= 11 is 5.16. The van der Waals surface area contributed by atoms with Gasteiger partial charge >= 0.3 is 0 Å². The smallest absolute Gasteiger partial charge is 0.266 e. The highest BCUT2D eigenvalue weighted by Gasteiger charge is 2.22. The van der Waals surface area contributed by atoms with Crippen LogP contribution in [0.4, 0.5) is 14.5 Å². The first-order valence-corrected chi connectivity index (χ1v) is 4.06. The number of rotatable bonds is 2. The molecule has 1 aromatic heterocycles. The predicted octanol–water partition coefficient (Wildman–Crippen LogP) is 2.29. The first-order chi connectivity index (χ1) is 6.45. The molecule has 6 heteroatoms. The molecule has 0 fully saturated rings. The van der Waals surface area contributed by atoms with E-state index in [1.807, 2.05) is 0 Å². The Morgan fingerprint density at radius 1 is 1.64 bits per heavy atom. The van der Waals surface area contributed by atoms with E-state index in [1.54, 1.807) is 0 Å². The van der Waals surface area contributed by atoms with Crippen LogP contribution in [0.5, 0.6) is 0 Å². The van der Waals surface area contributed by atoms with E-state index in [0.29, 0.717) is 0 Å². The Morgan fingerprint density at radius 2 is 2.21 bits per heavy atom. The lowest BCUT2D eigenvalue weighted by molar-refractivity contribution is 0.106. The fourth-order valence-corrected chi connectivity index (χ4v) is 1.36. The van der Waals surface area contributed by atoms with E-state index < -0.39 is 17.2 Å². The molecule has 0 atom stereocenters. The zero-order chi connectivity index (χ0) is 10.9. The van der Waals surface area contributed by atoms with Crippen molar-refractivity contribution >= 4 is 22.5 Å². The van der Waals surface area contributed by atoms with Crippen molar-refractivity contribution in [3.63, 3.8) is 0 Å². The number of pyridine rings is 1. The zero-order valence-electron chi connectivity index (χ0n) is 7.22. The lowest BCUT2D eigenvalue weighted by Gasteiger charge is -2.09. The van der Waals surface area contributed by atoms with Gasteiger partial charge < -0.3 is 5.73 Å². The van der Waals surface area contributed by atoms with Gasteiger partial charge in [-0.2, -0.15) is 0 Å². The number of halogens is 3. The summed E-state index contributed by atoms with van der Waals surface area (Å²) in [4.78, 5) is 14.6. The molecule has 0 amide bonds. The van der Waals surface area contributed by atoms with Gasteiger partial charge in [0.25, 0.3) is 11.7 Å². The van der Waals surface area contributed by atoms with Crippen molar-refractivity contribution in [3.8, 4) is 0 Å². The van der Waals surface area contributed by atoms with Crippen LogP contribution in [-0.4, -0.2) is 10.2 Å². The maximum absolute atomic E-state index is 12.5. The van der Waals surface area contributed by atoms with Crippen LogP contribution in [0.15, 0.2) is 6.20 Å². The summed E-state index contributed by atoms with van der Waals surface area (Å²) in [6, 6.07) is 0. The Hall–Kier alpha value is -1.23. The molecule has 1 rings (SSSR count). The van der Waals surface area contributed by atoms with Crippen LogP contribution >= 0.6 is 11.6 Å². The number of aryl methyl sites for hydroxylation is 1. The molecule has 0 aliphatic heterocycles. The van der Waals surface area contributed by atoms with Crippen LogP contribution < -0.4 is 5.73 Å². The first kappa shape index (κ1) is 10.8. The normalized spacial score (nSPS) is 10.6. The van der Waals surface area contributed by atoms with Crippen molar-refractivity contribution in [2.75, 3.05) is 5.73 Å². The van der Waals surface area contributed by atoms with Crippen LogP contribution in [0.3, 0.4) is 0 Å². The molecule has 0 saturated carbocycles. The molecule has 0 unspecified atom stereocenters. The van der Waals surface area contributed by atoms with Crippen LogP contribution in [0.2, 0.25) is 0 Å². The van der Waals surface area contributed by atoms with Gasteiger partial charge in [0.15, 0.2) is 0 Å². The number of hydrogen-bond donors (Lipinski definition) is 1. The minimum Gasteiger partial charge on any atom is -0.397 e. The maximum Gasteiger partial charge on any atom is 0.266 e. The Balaban J connectivity index is 3.50. The van der Waals surface area contributed by atoms with Crippen molar-refractivity contribution in [2.24, 2.45) is 0 Å². The standard InChI is InChI=1S/C8H7ClF2N2O/c1-3-5(7(9)14)6(8(10)11)4(12)2-13-3/h2,8H,12H2,1H3. The highest BCUT2D eigenvalue weighted by Crippen LogP contribution is 2.30. The minimum atomic E-state index is -2.84. The second-order valence-electron chi connectivity index (χ2n) is 2.66. The van der Waals surface area contributed by atoms with Crippen LogP contribution in [0, 0.1) is 6.92 Å². The second kappa shape index (κ2) is 3.88. The molecular weight excluding hydrogens is 214 g/mol. The third-order valence-electron chi connectivity index (χ3n) is 1.75. The molecule has 0 saturated heterocycles. The summed E-state index contributed by atoms with van der Waals surface area (Å²) in [5.41, 5.74) is 4.35. The number of nitrogens with two attached hydrogens (primary N) is 1. The first-order valence-electron chi connectivity index (χ1n) is 3.68. The van der Waals surface area contributed by atoms with Crippen molar-refractivity contribution in [2.45, 2.75) is 13.3 Å². The summed E-state index contributed by atoms with van der Waals surface area (Å²) in [7, 11) is 0. The molecule has 0 radical (unpaired) electrons. The van der Waals surface area contributed by atoms with Gasteiger partial charge in [0, 0.05) is 5.69 Å². The molecule has 76 valence electrons. The Labute approximate surface area is 83.9 Å². The van der Waals surface area contributed by atoms with Gasteiger partial charge in [-0.3, -0.25) is 9.78 Å². The molecule has 0 bridgehead atoms. The average Bonchev–Trinajstić information content (AvgIpc) is 2.07. The van der Waals surface area contributed by atoms with Gasteiger partial charge in [0.05, 0.1) is 23.0 Å². The summed E-state index contributed by atoms with van der Waals surface area (Å²) in [5, 5.41) is -0.974. The maximum atomic E-state index is 12.5. The van der Waals surface area contributed by atoms with E-state index in [-0.39, 0.29) is 16.9 Å². The number of carbonyl (C=O) groups excluding carboxylic acids is 1. The molecule has 1 aromatic rings. The van der Waals surface area contributed by atoms with E-state index in [9.17, 15) is 13.6 Å². The molecule has 14 heavy (non-hydrogen) atoms. The van der Waals surface area contributed by atoms with E-state index in [1.165, 1.54) is 6.92 Å². The van der Waals surface area contributed by atoms with Gasteiger partial charge in [-0.05, 0) is 18.5 Å².